The molecule has 0 saturated carbocycles. The smallest absolute Gasteiger partial charge is 0.264 e. The zero-order valence-electron chi connectivity index (χ0n) is 14.6. The molecule has 1 aromatic heterocycles. The molecule has 1 aliphatic heterocycles. The van der Waals surface area contributed by atoms with Crippen molar-refractivity contribution in [2.24, 2.45) is 11.3 Å². The number of thioether (sulfide) groups is 1. The van der Waals surface area contributed by atoms with Gasteiger partial charge in [-0.2, -0.15) is 11.8 Å². The first-order valence-corrected chi connectivity index (χ1v) is 10.1. The Hall–Kier alpha value is -1.01. The number of amides is 2. The number of thiophene rings is 1. The van der Waals surface area contributed by atoms with Crippen LogP contribution in [0, 0.1) is 18.3 Å². The van der Waals surface area contributed by atoms with E-state index in [1.54, 1.807) is 0 Å². The standard InChI is InChI=1S/C17H26N2O2S2/c1-11-8-13(18-16(21)17(2,3)4)23-14(11)15(20)19-7-6-12(9-19)10-22-5/h8,12H,6-7,9-10H2,1-5H3,(H,18,21). The first kappa shape index (κ1) is 18.3. The van der Waals surface area contributed by atoms with Gasteiger partial charge in [-0.25, -0.2) is 0 Å². The number of rotatable bonds is 4. The molecule has 0 aromatic carbocycles. The van der Waals surface area contributed by atoms with Gasteiger partial charge in [-0.15, -0.1) is 11.3 Å². The van der Waals surface area contributed by atoms with E-state index < -0.39 is 5.41 Å². The van der Waals surface area contributed by atoms with Crippen LogP contribution in [-0.2, 0) is 4.79 Å². The molecule has 1 unspecified atom stereocenters. The number of carbonyl (C=O) groups is 2. The monoisotopic (exact) mass is 354 g/mol. The van der Waals surface area contributed by atoms with Crippen molar-refractivity contribution in [1.29, 1.82) is 0 Å². The van der Waals surface area contributed by atoms with Crippen LogP contribution in [0.5, 0.6) is 0 Å². The molecule has 1 aliphatic rings. The van der Waals surface area contributed by atoms with Crippen molar-refractivity contribution in [3.63, 3.8) is 0 Å². The zero-order chi connectivity index (χ0) is 17.2. The van der Waals surface area contributed by atoms with Gasteiger partial charge in [0.1, 0.15) is 0 Å². The normalized spacial score (nSPS) is 18.3. The van der Waals surface area contributed by atoms with Gasteiger partial charge in [0.25, 0.3) is 5.91 Å². The van der Waals surface area contributed by atoms with Crippen LogP contribution in [0.25, 0.3) is 0 Å². The summed E-state index contributed by atoms with van der Waals surface area (Å²) in [7, 11) is 0. The van der Waals surface area contributed by atoms with Crippen molar-refractivity contribution in [3.05, 3.63) is 16.5 Å². The van der Waals surface area contributed by atoms with Crippen LogP contribution in [0.3, 0.4) is 0 Å². The predicted octanol–water partition coefficient (Wildman–Crippen LogP) is 3.87. The molecule has 1 saturated heterocycles. The van der Waals surface area contributed by atoms with E-state index in [9.17, 15) is 9.59 Å². The Bertz CT molecular complexity index is 590. The molecule has 2 rings (SSSR count). The summed E-state index contributed by atoms with van der Waals surface area (Å²) in [4.78, 5) is 27.5. The van der Waals surface area contributed by atoms with E-state index in [4.69, 9.17) is 0 Å². The molecule has 0 bridgehead atoms. The van der Waals surface area contributed by atoms with E-state index in [0.717, 1.165) is 40.7 Å². The largest absolute Gasteiger partial charge is 0.338 e. The van der Waals surface area contributed by atoms with Crippen LogP contribution < -0.4 is 5.32 Å². The Kier molecular flexibility index (Phi) is 5.79. The Morgan fingerprint density at radius 1 is 1.43 bits per heavy atom. The van der Waals surface area contributed by atoms with Gasteiger partial charge in [-0.3, -0.25) is 9.59 Å². The van der Waals surface area contributed by atoms with Crippen molar-refractivity contribution in [3.8, 4) is 0 Å². The minimum absolute atomic E-state index is 0.0287. The van der Waals surface area contributed by atoms with Crippen molar-refractivity contribution < 1.29 is 9.59 Å². The van der Waals surface area contributed by atoms with Crippen LogP contribution >= 0.6 is 23.1 Å². The highest BCUT2D eigenvalue weighted by Crippen LogP contribution is 2.31. The molecule has 0 spiro atoms. The van der Waals surface area contributed by atoms with E-state index in [1.807, 2.05) is 50.4 Å². The summed E-state index contributed by atoms with van der Waals surface area (Å²) >= 11 is 3.23. The van der Waals surface area contributed by atoms with Crippen LogP contribution in [-0.4, -0.2) is 41.8 Å². The van der Waals surface area contributed by atoms with Crippen LogP contribution in [0.15, 0.2) is 6.07 Å². The van der Waals surface area contributed by atoms with Gasteiger partial charge in [0.15, 0.2) is 0 Å². The highest BCUT2D eigenvalue weighted by Gasteiger charge is 2.29. The number of hydrogen-bond acceptors (Lipinski definition) is 4. The maximum absolute atomic E-state index is 12.7. The van der Waals surface area contributed by atoms with Crippen LogP contribution in [0.4, 0.5) is 5.00 Å². The van der Waals surface area contributed by atoms with Crippen LogP contribution in [0.2, 0.25) is 0 Å². The summed E-state index contributed by atoms with van der Waals surface area (Å²) < 4.78 is 0. The van der Waals surface area contributed by atoms with Crippen molar-refractivity contribution in [2.75, 3.05) is 30.4 Å². The summed E-state index contributed by atoms with van der Waals surface area (Å²) in [6.45, 7) is 9.26. The van der Waals surface area contributed by atoms with Gasteiger partial charge >= 0.3 is 0 Å². The molecule has 1 aromatic rings. The van der Waals surface area contributed by atoms with E-state index in [1.165, 1.54) is 11.3 Å². The summed E-state index contributed by atoms with van der Waals surface area (Å²) in [6.07, 6.45) is 3.20. The number of nitrogens with zero attached hydrogens (tertiary/aromatic N) is 1. The summed E-state index contributed by atoms with van der Waals surface area (Å²) in [5, 5.41) is 3.68. The lowest BCUT2D eigenvalue weighted by Gasteiger charge is -2.17. The molecular formula is C17H26N2O2S2. The predicted molar refractivity (Wildman–Crippen MR) is 99.5 cm³/mol. The zero-order valence-corrected chi connectivity index (χ0v) is 16.2. The third kappa shape index (κ3) is 4.51. The first-order valence-electron chi connectivity index (χ1n) is 7.92. The second-order valence-corrected chi connectivity index (χ2v) is 9.15. The van der Waals surface area contributed by atoms with Crippen LogP contribution in [0.1, 0.15) is 42.4 Å². The molecule has 0 aliphatic carbocycles. The van der Waals surface area contributed by atoms with Gasteiger partial charge in [0.2, 0.25) is 5.91 Å². The third-order valence-corrected chi connectivity index (χ3v) is 5.95. The number of carbonyl (C=O) groups excluding carboxylic acids is 2. The molecule has 23 heavy (non-hydrogen) atoms. The highest BCUT2D eigenvalue weighted by molar-refractivity contribution is 7.98. The summed E-state index contributed by atoms with van der Waals surface area (Å²) in [5.74, 6) is 1.79. The average Bonchev–Trinajstić information content (AvgIpc) is 3.04. The molecule has 2 heterocycles. The topological polar surface area (TPSA) is 49.4 Å². The maximum Gasteiger partial charge on any atom is 0.264 e. The fourth-order valence-electron chi connectivity index (χ4n) is 2.59. The van der Waals surface area contributed by atoms with E-state index in [0.29, 0.717) is 5.92 Å². The van der Waals surface area contributed by atoms with Crippen molar-refractivity contribution >= 4 is 39.9 Å². The Morgan fingerprint density at radius 2 is 2.13 bits per heavy atom. The molecule has 0 radical (unpaired) electrons. The minimum Gasteiger partial charge on any atom is -0.338 e. The summed E-state index contributed by atoms with van der Waals surface area (Å²) in [5.41, 5.74) is 0.500. The van der Waals surface area contributed by atoms with Crippen molar-refractivity contribution in [1.82, 2.24) is 4.90 Å². The van der Waals surface area contributed by atoms with Gasteiger partial charge in [0, 0.05) is 18.5 Å². The maximum atomic E-state index is 12.7. The highest BCUT2D eigenvalue weighted by atomic mass is 32.2. The fourth-order valence-corrected chi connectivity index (χ4v) is 4.37. The lowest BCUT2D eigenvalue weighted by atomic mass is 9.96. The molecule has 2 amide bonds. The van der Waals surface area contributed by atoms with Gasteiger partial charge < -0.3 is 10.2 Å². The number of anilines is 1. The van der Waals surface area contributed by atoms with Crippen molar-refractivity contribution in [2.45, 2.75) is 34.1 Å². The molecule has 1 atom stereocenters. The molecule has 1 N–H and O–H groups in total. The number of aryl methyl sites for hydroxylation is 1. The Morgan fingerprint density at radius 3 is 2.74 bits per heavy atom. The van der Waals surface area contributed by atoms with E-state index in [-0.39, 0.29) is 11.8 Å². The number of likely N-dealkylation sites (tertiary alicyclic amines) is 1. The lowest BCUT2D eigenvalue weighted by Crippen LogP contribution is -2.28. The second-order valence-electron chi connectivity index (χ2n) is 7.19. The second kappa shape index (κ2) is 7.26. The fraction of sp³-hybridized carbons (Fsp3) is 0.647. The molecule has 4 nitrogen and oxygen atoms in total. The average molecular weight is 355 g/mol. The van der Waals surface area contributed by atoms with E-state index >= 15 is 0 Å². The first-order chi connectivity index (χ1) is 10.7. The van der Waals surface area contributed by atoms with Gasteiger partial charge in [0.05, 0.1) is 9.88 Å². The molecule has 6 heteroatoms. The molecule has 128 valence electrons. The SMILES string of the molecule is CSCC1CCN(C(=O)c2sc(NC(=O)C(C)(C)C)cc2C)C1. The molecular weight excluding hydrogens is 328 g/mol. The lowest BCUT2D eigenvalue weighted by molar-refractivity contribution is -0.123. The Labute approximate surface area is 147 Å². The third-order valence-electron chi connectivity index (χ3n) is 4.01. The number of nitrogens with one attached hydrogen (secondary N) is 1. The van der Waals surface area contributed by atoms with Gasteiger partial charge in [-0.05, 0) is 42.9 Å². The quantitative estimate of drug-likeness (QED) is 0.893. The molecule has 1 fully saturated rings. The van der Waals surface area contributed by atoms with E-state index in [2.05, 4.69) is 11.6 Å². The minimum atomic E-state index is -0.442. The summed E-state index contributed by atoms with van der Waals surface area (Å²) in [6, 6.07) is 1.90. The number of hydrogen-bond donors (Lipinski definition) is 1. The Balaban J connectivity index is 2.06. The van der Waals surface area contributed by atoms with Gasteiger partial charge in [-0.1, -0.05) is 20.8 Å².